The van der Waals surface area contributed by atoms with Crippen molar-refractivity contribution in [2.75, 3.05) is 12.3 Å². The number of amides is 1. The number of nitrogen functional groups attached to an aromatic ring is 1. The molecule has 0 unspecified atom stereocenters. The van der Waals surface area contributed by atoms with Crippen LogP contribution in [0.5, 0.6) is 0 Å². The minimum absolute atomic E-state index is 0.201. The number of nitrogens with one attached hydrogen (secondary N) is 1. The maximum atomic E-state index is 11.9. The number of rotatable bonds is 6. The highest BCUT2D eigenvalue weighted by atomic mass is 16.5. The van der Waals surface area contributed by atoms with Crippen molar-refractivity contribution in [1.29, 1.82) is 0 Å². The lowest BCUT2D eigenvalue weighted by atomic mass is 10.3. The Kier molecular flexibility index (Phi) is 3.90. The lowest BCUT2D eigenvalue weighted by Crippen LogP contribution is -2.25. The van der Waals surface area contributed by atoms with E-state index in [1.165, 1.54) is 6.07 Å². The van der Waals surface area contributed by atoms with E-state index < -0.39 is 0 Å². The number of hydrogen-bond donors (Lipinski definition) is 2. The molecule has 3 N–H and O–H groups in total. The summed E-state index contributed by atoms with van der Waals surface area (Å²) in [5, 5.41) is 6.51. The molecule has 0 aliphatic rings. The Morgan fingerprint density at radius 2 is 2.27 bits per heavy atom. The largest absolute Gasteiger partial charge is 0.438 e. The summed E-state index contributed by atoms with van der Waals surface area (Å²) in [6.45, 7) is 1.32. The Morgan fingerprint density at radius 3 is 3.00 bits per heavy atom. The lowest BCUT2D eigenvalue weighted by Gasteiger charge is -2.03. The quantitative estimate of drug-likeness (QED) is 0.668. The van der Waals surface area contributed by atoms with E-state index in [1.807, 2.05) is 10.8 Å². The van der Waals surface area contributed by atoms with Crippen molar-refractivity contribution in [3.8, 4) is 11.5 Å². The minimum Gasteiger partial charge on any atom is -0.438 e. The molecule has 0 bridgehead atoms. The highest BCUT2D eigenvalue weighted by molar-refractivity contribution is 5.92. The van der Waals surface area contributed by atoms with E-state index in [0.717, 1.165) is 13.0 Å². The maximum absolute atomic E-state index is 11.9. The summed E-state index contributed by atoms with van der Waals surface area (Å²) in [6.07, 6.45) is 6.13. The van der Waals surface area contributed by atoms with Gasteiger partial charge in [-0.1, -0.05) is 5.16 Å². The maximum Gasteiger partial charge on any atom is 0.273 e. The number of furan rings is 1. The van der Waals surface area contributed by atoms with Crippen molar-refractivity contribution in [3.63, 3.8) is 0 Å². The number of hydrogen-bond acceptors (Lipinski definition) is 6. The van der Waals surface area contributed by atoms with Crippen LogP contribution in [0.2, 0.25) is 0 Å². The molecular weight excluding hydrogens is 286 g/mol. The average Bonchev–Trinajstić information content (AvgIpc) is 3.24. The van der Waals surface area contributed by atoms with Crippen molar-refractivity contribution in [2.45, 2.75) is 13.0 Å². The molecule has 0 radical (unpaired) electrons. The zero-order valence-electron chi connectivity index (χ0n) is 11.7. The van der Waals surface area contributed by atoms with Crippen molar-refractivity contribution in [3.05, 3.63) is 42.6 Å². The zero-order chi connectivity index (χ0) is 15.4. The average molecular weight is 301 g/mol. The summed E-state index contributed by atoms with van der Waals surface area (Å²) >= 11 is 0. The van der Waals surface area contributed by atoms with Gasteiger partial charge < -0.3 is 24.6 Å². The first-order valence-electron chi connectivity index (χ1n) is 6.79. The zero-order valence-corrected chi connectivity index (χ0v) is 11.7. The Hall–Kier alpha value is -3.03. The molecule has 114 valence electrons. The van der Waals surface area contributed by atoms with E-state index in [4.69, 9.17) is 14.7 Å². The third-order valence-corrected chi connectivity index (χ3v) is 3.05. The fourth-order valence-corrected chi connectivity index (χ4v) is 1.96. The first kappa shape index (κ1) is 13.9. The molecule has 8 heteroatoms. The predicted octanol–water partition coefficient (Wildman–Crippen LogP) is 1.53. The molecule has 1 amide bonds. The number of aryl methyl sites for hydroxylation is 1. The summed E-state index contributed by atoms with van der Waals surface area (Å²) in [6, 6.07) is 4.78. The summed E-state index contributed by atoms with van der Waals surface area (Å²) in [7, 11) is 0. The van der Waals surface area contributed by atoms with Gasteiger partial charge in [0.15, 0.2) is 17.3 Å². The molecule has 0 saturated heterocycles. The lowest BCUT2D eigenvalue weighted by molar-refractivity contribution is 0.0943. The molecule has 0 aromatic carbocycles. The van der Waals surface area contributed by atoms with Gasteiger partial charge in [0.25, 0.3) is 5.91 Å². The highest BCUT2D eigenvalue weighted by Crippen LogP contribution is 2.23. The van der Waals surface area contributed by atoms with E-state index in [9.17, 15) is 4.79 Å². The van der Waals surface area contributed by atoms with Gasteiger partial charge in [-0.05, 0) is 12.5 Å². The highest BCUT2D eigenvalue weighted by Gasteiger charge is 2.15. The minimum atomic E-state index is -0.292. The van der Waals surface area contributed by atoms with Gasteiger partial charge in [0, 0.05) is 37.6 Å². The van der Waals surface area contributed by atoms with Gasteiger partial charge in [0.05, 0.1) is 6.33 Å². The van der Waals surface area contributed by atoms with Gasteiger partial charge in [0.2, 0.25) is 5.76 Å². The van der Waals surface area contributed by atoms with Crippen LogP contribution in [-0.4, -0.2) is 27.2 Å². The third kappa shape index (κ3) is 3.17. The Morgan fingerprint density at radius 1 is 1.36 bits per heavy atom. The van der Waals surface area contributed by atoms with Gasteiger partial charge in [-0.3, -0.25) is 4.79 Å². The first-order chi connectivity index (χ1) is 10.7. The van der Waals surface area contributed by atoms with Gasteiger partial charge in [-0.15, -0.1) is 0 Å². The van der Waals surface area contributed by atoms with Crippen LogP contribution in [0.25, 0.3) is 11.5 Å². The van der Waals surface area contributed by atoms with Crippen LogP contribution in [0, 0.1) is 0 Å². The standard InChI is InChI=1S/C14H15N5O3/c15-13-3-2-11(21-13)12-8-10(18-22-12)14(20)17-4-1-6-19-7-5-16-9-19/h2-3,5,7-9H,1,4,6,15H2,(H,17,20). The van der Waals surface area contributed by atoms with Crippen LogP contribution < -0.4 is 11.1 Å². The van der Waals surface area contributed by atoms with Crippen LogP contribution in [0.1, 0.15) is 16.9 Å². The van der Waals surface area contributed by atoms with E-state index in [0.29, 0.717) is 18.1 Å². The number of carbonyl (C=O) groups excluding carboxylic acids is 1. The SMILES string of the molecule is Nc1ccc(-c2cc(C(=O)NCCCn3ccnc3)no2)o1. The predicted molar refractivity (Wildman–Crippen MR) is 77.8 cm³/mol. The van der Waals surface area contributed by atoms with Gasteiger partial charge >= 0.3 is 0 Å². The van der Waals surface area contributed by atoms with Gasteiger partial charge in [0.1, 0.15) is 0 Å². The Balaban J connectivity index is 1.51. The topological polar surface area (TPSA) is 112 Å². The molecule has 3 heterocycles. The van der Waals surface area contributed by atoms with Crippen LogP contribution >= 0.6 is 0 Å². The molecule has 0 fully saturated rings. The van der Waals surface area contributed by atoms with Crippen LogP contribution in [-0.2, 0) is 6.54 Å². The second-order valence-corrected chi connectivity index (χ2v) is 4.69. The number of nitrogens with zero attached hydrogens (tertiary/aromatic N) is 3. The van der Waals surface area contributed by atoms with Crippen LogP contribution in [0.4, 0.5) is 5.88 Å². The van der Waals surface area contributed by atoms with Gasteiger partial charge in [-0.2, -0.15) is 0 Å². The normalized spacial score (nSPS) is 10.7. The number of anilines is 1. The molecule has 0 aliphatic carbocycles. The van der Waals surface area contributed by atoms with Crippen molar-refractivity contribution in [2.24, 2.45) is 0 Å². The summed E-state index contributed by atoms with van der Waals surface area (Å²) in [5.41, 5.74) is 5.69. The van der Waals surface area contributed by atoms with E-state index in [-0.39, 0.29) is 17.5 Å². The van der Waals surface area contributed by atoms with Crippen molar-refractivity contribution < 1.29 is 13.7 Å². The van der Waals surface area contributed by atoms with Crippen molar-refractivity contribution in [1.82, 2.24) is 20.0 Å². The molecule has 3 rings (SSSR count). The number of nitrogens with two attached hydrogens (primary N) is 1. The second kappa shape index (κ2) is 6.17. The molecule has 0 atom stereocenters. The summed E-state index contributed by atoms with van der Waals surface area (Å²) in [4.78, 5) is 15.9. The molecule has 0 saturated carbocycles. The summed E-state index contributed by atoms with van der Waals surface area (Å²) in [5.74, 6) is 0.779. The first-order valence-corrected chi connectivity index (χ1v) is 6.79. The molecule has 22 heavy (non-hydrogen) atoms. The van der Waals surface area contributed by atoms with E-state index in [1.54, 1.807) is 24.7 Å². The molecule has 8 nitrogen and oxygen atoms in total. The molecule has 3 aromatic heterocycles. The van der Waals surface area contributed by atoms with Crippen LogP contribution in [0.15, 0.2) is 45.9 Å². The summed E-state index contributed by atoms with van der Waals surface area (Å²) < 4.78 is 12.2. The number of aromatic nitrogens is 3. The fraction of sp³-hybridized carbons (Fsp3) is 0.214. The third-order valence-electron chi connectivity index (χ3n) is 3.05. The van der Waals surface area contributed by atoms with Crippen LogP contribution in [0.3, 0.4) is 0 Å². The molecule has 3 aromatic rings. The molecular formula is C14H15N5O3. The smallest absolute Gasteiger partial charge is 0.273 e. The van der Waals surface area contributed by atoms with Gasteiger partial charge in [-0.25, -0.2) is 4.98 Å². The Labute approximate surface area is 125 Å². The van der Waals surface area contributed by atoms with Crippen molar-refractivity contribution >= 4 is 11.8 Å². The van der Waals surface area contributed by atoms with E-state index >= 15 is 0 Å². The molecule has 0 aliphatic heterocycles. The number of carbonyl (C=O) groups is 1. The Bertz CT molecular complexity index is 744. The second-order valence-electron chi connectivity index (χ2n) is 4.69. The molecule has 0 spiro atoms. The number of imidazole rings is 1. The van der Waals surface area contributed by atoms with E-state index in [2.05, 4.69) is 15.5 Å². The monoisotopic (exact) mass is 301 g/mol. The fourth-order valence-electron chi connectivity index (χ4n) is 1.96.